The first-order chi connectivity index (χ1) is 9.33. The summed E-state index contributed by atoms with van der Waals surface area (Å²) in [6, 6.07) is 10.1. The first-order valence-corrected chi connectivity index (χ1v) is 6.72. The third-order valence-corrected chi connectivity index (χ3v) is 3.49. The molecular weight excluding hydrogens is 240 g/mol. The molecule has 0 spiro atoms. The molecule has 0 saturated heterocycles. The van der Waals surface area contributed by atoms with Crippen molar-refractivity contribution in [3.05, 3.63) is 24.3 Å². The average Bonchev–Trinajstić information content (AvgIpc) is 2.46. The van der Waals surface area contributed by atoms with E-state index in [1.54, 1.807) is 7.11 Å². The van der Waals surface area contributed by atoms with E-state index < -0.39 is 0 Å². The smallest absolute Gasteiger partial charge is 0.174 e. The lowest BCUT2D eigenvalue weighted by molar-refractivity contribution is 0.0606. The van der Waals surface area contributed by atoms with Crippen molar-refractivity contribution in [3.63, 3.8) is 0 Å². The van der Waals surface area contributed by atoms with E-state index in [2.05, 4.69) is 5.32 Å². The van der Waals surface area contributed by atoms with E-state index >= 15 is 0 Å². The number of benzene rings is 1. The summed E-state index contributed by atoms with van der Waals surface area (Å²) in [6.45, 7) is 0.0770. The van der Waals surface area contributed by atoms with Crippen LogP contribution in [0.4, 0.5) is 5.69 Å². The predicted octanol–water partition coefficient (Wildman–Crippen LogP) is 2.96. The SMILES string of the molecule is COC1CCCCC1Nc1cccc(OCC#N)c1. The Balaban J connectivity index is 1.99. The molecule has 1 saturated carbocycles. The van der Waals surface area contributed by atoms with Gasteiger partial charge >= 0.3 is 0 Å². The summed E-state index contributed by atoms with van der Waals surface area (Å²) in [4.78, 5) is 0. The van der Waals surface area contributed by atoms with E-state index in [0.29, 0.717) is 6.04 Å². The lowest BCUT2D eigenvalue weighted by Crippen LogP contribution is -2.37. The normalized spacial score (nSPS) is 22.5. The second-order valence-electron chi connectivity index (χ2n) is 4.78. The molecule has 2 unspecified atom stereocenters. The van der Waals surface area contributed by atoms with Crippen LogP contribution in [-0.2, 0) is 4.74 Å². The standard InChI is InChI=1S/C15H20N2O2/c1-18-15-8-3-2-7-14(15)17-12-5-4-6-13(11-12)19-10-9-16/h4-6,11,14-15,17H,2-3,7-8,10H2,1H3. The van der Waals surface area contributed by atoms with E-state index in [1.807, 2.05) is 30.3 Å². The molecule has 102 valence electrons. The van der Waals surface area contributed by atoms with E-state index in [1.165, 1.54) is 12.8 Å². The molecule has 19 heavy (non-hydrogen) atoms. The Hall–Kier alpha value is -1.73. The monoisotopic (exact) mass is 260 g/mol. The molecular formula is C15H20N2O2. The quantitative estimate of drug-likeness (QED) is 0.884. The van der Waals surface area contributed by atoms with Crippen molar-refractivity contribution in [2.75, 3.05) is 19.0 Å². The van der Waals surface area contributed by atoms with Gasteiger partial charge in [-0.3, -0.25) is 0 Å². The first kappa shape index (κ1) is 13.7. The summed E-state index contributed by atoms with van der Waals surface area (Å²) in [6.07, 6.45) is 4.99. The van der Waals surface area contributed by atoms with Gasteiger partial charge < -0.3 is 14.8 Å². The van der Waals surface area contributed by atoms with Crippen LogP contribution >= 0.6 is 0 Å². The van der Waals surface area contributed by atoms with Gasteiger partial charge in [0.05, 0.1) is 12.1 Å². The summed E-state index contributed by atoms with van der Waals surface area (Å²) in [5.41, 5.74) is 1.02. The van der Waals surface area contributed by atoms with Crippen LogP contribution in [0, 0.1) is 11.3 Å². The predicted molar refractivity (Wildman–Crippen MR) is 74.2 cm³/mol. The number of nitriles is 1. The van der Waals surface area contributed by atoms with E-state index in [4.69, 9.17) is 14.7 Å². The molecule has 1 N–H and O–H groups in total. The molecule has 4 heteroatoms. The minimum absolute atomic E-state index is 0.0770. The van der Waals surface area contributed by atoms with Gasteiger partial charge in [-0.2, -0.15) is 5.26 Å². The van der Waals surface area contributed by atoms with E-state index in [-0.39, 0.29) is 12.7 Å². The Morgan fingerprint density at radius 2 is 2.21 bits per heavy atom. The highest BCUT2D eigenvalue weighted by Crippen LogP contribution is 2.25. The molecule has 0 amide bonds. The highest BCUT2D eigenvalue weighted by atomic mass is 16.5. The van der Waals surface area contributed by atoms with Crippen molar-refractivity contribution in [2.45, 2.75) is 37.8 Å². The zero-order chi connectivity index (χ0) is 13.5. The van der Waals surface area contributed by atoms with Crippen LogP contribution in [0.1, 0.15) is 25.7 Å². The van der Waals surface area contributed by atoms with Gasteiger partial charge in [0.1, 0.15) is 11.8 Å². The third kappa shape index (κ3) is 3.87. The van der Waals surface area contributed by atoms with Crippen molar-refractivity contribution in [1.29, 1.82) is 5.26 Å². The van der Waals surface area contributed by atoms with Crippen LogP contribution in [0.2, 0.25) is 0 Å². The Morgan fingerprint density at radius 1 is 1.37 bits per heavy atom. The zero-order valence-corrected chi connectivity index (χ0v) is 11.3. The number of nitrogens with zero attached hydrogens (tertiary/aromatic N) is 1. The fourth-order valence-corrected chi connectivity index (χ4v) is 2.55. The minimum atomic E-state index is 0.0770. The van der Waals surface area contributed by atoms with E-state index in [0.717, 1.165) is 24.3 Å². The second kappa shape index (κ2) is 7.01. The number of ether oxygens (including phenoxy) is 2. The van der Waals surface area contributed by atoms with Crippen molar-refractivity contribution < 1.29 is 9.47 Å². The van der Waals surface area contributed by atoms with Gasteiger partial charge in [-0.05, 0) is 25.0 Å². The second-order valence-corrected chi connectivity index (χ2v) is 4.78. The van der Waals surface area contributed by atoms with Gasteiger partial charge in [0.2, 0.25) is 0 Å². The molecule has 0 radical (unpaired) electrons. The average molecular weight is 260 g/mol. The molecule has 1 fully saturated rings. The molecule has 1 aromatic carbocycles. The Labute approximate surface area is 114 Å². The zero-order valence-electron chi connectivity index (χ0n) is 11.3. The molecule has 2 rings (SSSR count). The topological polar surface area (TPSA) is 54.3 Å². The molecule has 1 aliphatic carbocycles. The van der Waals surface area contributed by atoms with Gasteiger partial charge in [0.25, 0.3) is 0 Å². The molecule has 0 aliphatic heterocycles. The van der Waals surface area contributed by atoms with Crippen molar-refractivity contribution in [2.24, 2.45) is 0 Å². The maximum Gasteiger partial charge on any atom is 0.174 e. The van der Waals surface area contributed by atoms with E-state index in [9.17, 15) is 0 Å². The van der Waals surface area contributed by atoms with Crippen molar-refractivity contribution in [3.8, 4) is 11.8 Å². The van der Waals surface area contributed by atoms with Gasteiger partial charge in [-0.15, -0.1) is 0 Å². The molecule has 0 heterocycles. The lowest BCUT2D eigenvalue weighted by Gasteiger charge is -2.31. The molecule has 0 aromatic heterocycles. The Morgan fingerprint density at radius 3 is 3.00 bits per heavy atom. The van der Waals surface area contributed by atoms with Crippen LogP contribution in [-0.4, -0.2) is 25.9 Å². The van der Waals surface area contributed by atoms with Crippen LogP contribution in [0.5, 0.6) is 5.75 Å². The molecule has 4 nitrogen and oxygen atoms in total. The molecule has 1 aliphatic rings. The van der Waals surface area contributed by atoms with Crippen LogP contribution in [0.15, 0.2) is 24.3 Å². The number of rotatable bonds is 5. The van der Waals surface area contributed by atoms with Gasteiger partial charge in [0.15, 0.2) is 6.61 Å². The van der Waals surface area contributed by atoms with Gasteiger partial charge in [0, 0.05) is 18.9 Å². The van der Waals surface area contributed by atoms with Crippen LogP contribution in [0.3, 0.4) is 0 Å². The maximum absolute atomic E-state index is 8.52. The summed E-state index contributed by atoms with van der Waals surface area (Å²) in [5.74, 6) is 0.719. The molecule has 1 aromatic rings. The largest absolute Gasteiger partial charge is 0.479 e. The number of hydrogen-bond donors (Lipinski definition) is 1. The minimum Gasteiger partial charge on any atom is -0.479 e. The van der Waals surface area contributed by atoms with Crippen LogP contribution in [0.25, 0.3) is 0 Å². The fourth-order valence-electron chi connectivity index (χ4n) is 2.55. The Bertz CT molecular complexity index is 442. The fraction of sp³-hybridized carbons (Fsp3) is 0.533. The number of methoxy groups -OCH3 is 1. The van der Waals surface area contributed by atoms with Gasteiger partial charge in [-0.1, -0.05) is 18.9 Å². The van der Waals surface area contributed by atoms with Crippen LogP contribution < -0.4 is 10.1 Å². The third-order valence-electron chi connectivity index (χ3n) is 3.49. The number of nitrogens with one attached hydrogen (secondary N) is 1. The summed E-state index contributed by atoms with van der Waals surface area (Å²) in [5, 5.41) is 12.0. The first-order valence-electron chi connectivity index (χ1n) is 6.72. The highest BCUT2D eigenvalue weighted by molar-refractivity contribution is 5.49. The highest BCUT2D eigenvalue weighted by Gasteiger charge is 2.24. The number of hydrogen-bond acceptors (Lipinski definition) is 4. The number of anilines is 1. The van der Waals surface area contributed by atoms with Crippen molar-refractivity contribution >= 4 is 5.69 Å². The summed E-state index contributed by atoms with van der Waals surface area (Å²) in [7, 11) is 1.77. The maximum atomic E-state index is 8.52. The lowest BCUT2D eigenvalue weighted by atomic mass is 9.92. The summed E-state index contributed by atoms with van der Waals surface area (Å²) >= 11 is 0. The van der Waals surface area contributed by atoms with Gasteiger partial charge in [-0.25, -0.2) is 0 Å². The molecule has 0 bridgehead atoms. The summed E-state index contributed by atoms with van der Waals surface area (Å²) < 4.78 is 10.8. The Kier molecular flexibility index (Phi) is 5.05. The van der Waals surface area contributed by atoms with Crippen molar-refractivity contribution in [1.82, 2.24) is 0 Å². The molecule has 2 atom stereocenters.